The van der Waals surface area contributed by atoms with Crippen molar-refractivity contribution in [2.24, 2.45) is 4.99 Å². The predicted molar refractivity (Wildman–Crippen MR) is 119 cm³/mol. The molecule has 0 saturated carbocycles. The zero-order chi connectivity index (χ0) is 23.8. The van der Waals surface area contributed by atoms with Crippen LogP contribution < -0.4 is 15.5 Å². The number of benzene rings is 2. The zero-order valence-corrected chi connectivity index (χ0v) is 18.8. The van der Waals surface area contributed by atoms with Crippen molar-refractivity contribution in [2.45, 2.75) is 43.2 Å². The minimum Gasteiger partial charge on any atom is -0.322 e. The van der Waals surface area contributed by atoms with Gasteiger partial charge in [0.25, 0.3) is 21.8 Å². The topological polar surface area (TPSA) is 137 Å². The third-order valence-electron chi connectivity index (χ3n) is 5.60. The maximum atomic E-state index is 12.9. The summed E-state index contributed by atoms with van der Waals surface area (Å²) in [6.45, 7) is 3.04. The van der Waals surface area contributed by atoms with E-state index in [-0.39, 0.29) is 10.7 Å². The van der Waals surface area contributed by atoms with E-state index in [0.717, 1.165) is 5.56 Å². The summed E-state index contributed by atoms with van der Waals surface area (Å²) in [4.78, 5) is 42.2. The molecule has 0 aliphatic carbocycles. The molecule has 10 nitrogen and oxygen atoms in total. The van der Waals surface area contributed by atoms with Crippen LogP contribution in [-0.2, 0) is 26.0 Å². The van der Waals surface area contributed by atoms with E-state index in [1.54, 1.807) is 25.1 Å². The fraction of sp³-hybridized carbons (Fsp3) is 0.273. The minimum atomic E-state index is -3.75. The molecule has 11 heteroatoms. The largest absolute Gasteiger partial charge is 0.344 e. The Kier molecular flexibility index (Phi) is 5.66. The van der Waals surface area contributed by atoms with Crippen LogP contribution >= 0.6 is 0 Å². The zero-order valence-electron chi connectivity index (χ0n) is 18.0. The molecule has 0 aromatic heterocycles. The van der Waals surface area contributed by atoms with Gasteiger partial charge in [0.05, 0.1) is 4.90 Å². The fourth-order valence-corrected chi connectivity index (χ4v) is 4.92. The molecule has 3 N–H and O–H groups in total. The van der Waals surface area contributed by atoms with E-state index in [1.807, 2.05) is 30.3 Å². The SMILES string of the molecule is CC(N=C1NS(=O)(=O)c2ccccc21)C(=O)NN1C(=O)NC(C)(CCc2ccccc2)C1=O. The second kappa shape index (κ2) is 8.32. The van der Waals surface area contributed by atoms with Crippen molar-refractivity contribution in [3.8, 4) is 0 Å². The van der Waals surface area contributed by atoms with E-state index in [9.17, 15) is 22.8 Å². The standard InChI is InChI=1S/C22H23N5O5S/c1-14(23-18-16-10-6-7-11-17(16)33(31,32)26-18)19(28)25-27-20(29)22(2,24-21(27)30)13-12-15-8-4-3-5-9-15/h3-11,14H,12-13H2,1-2H3,(H,23,26)(H,24,30)(H,25,28). The average molecular weight is 470 g/mol. The van der Waals surface area contributed by atoms with E-state index < -0.39 is 39.4 Å². The first-order chi connectivity index (χ1) is 15.6. The molecule has 2 atom stereocenters. The van der Waals surface area contributed by atoms with Crippen molar-refractivity contribution < 1.29 is 22.8 Å². The number of nitrogens with one attached hydrogen (secondary N) is 3. The Morgan fingerprint density at radius 3 is 2.52 bits per heavy atom. The molecule has 2 unspecified atom stereocenters. The summed E-state index contributed by atoms with van der Waals surface area (Å²) in [5, 5.41) is 3.29. The molecule has 1 fully saturated rings. The first-order valence-electron chi connectivity index (χ1n) is 10.3. The highest BCUT2D eigenvalue weighted by molar-refractivity contribution is 7.90. The molecule has 4 amide bonds. The average Bonchev–Trinajstić information content (AvgIpc) is 3.17. The maximum Gasteiger partial charge on any atom is 0.344 e. The summed E-state index contributed by atoms with van der Waals surface area (Å²) < 4.78 is 26.8. The highest BCUT2D eigenvalue weighted by Gasteiger charge is 2.48. The van der Waals surface area contributed by atoms with Crippen molar-refractivity contribution in [1.82, 2.24) is 20.5 Å². The lowest BCUT2D eigenvalue weighted by Gasteiger charge is -2.22. The molecule has 0 radical (unpaired) electrons. The number of carbonyl (C=O) groups is 3. The Morgan fingerprint density at radius 2 is 1.79 bits per heavy atom. The number of amides is 4. The Labute approximate surface area is 191 Å². The summed E-state index contributed by atoms with van der Waals surface area (Å²) in [5.74, 6) is -1.29. The highest BCUT2D eigenvalue weighted by atomic mass is 32.2. The number of fused-ring (bicyclic) bond motifs is 1. The van der Waals surface area contributed by atoms with Gasteiger partial charge in [-0.15, -0.1) is 0 Å². The number of hydrogen-bond acceptors (Lipinski definition) is 6. The number of urea groups is 1. The summed E-state index contributed by atoms with van der Waals surface area (Å²) in [7, 11) is -3.75. The molecule has 1 saturated heterocycles. The number of sulfonamides is 1. The summed E-state index contributed by atoms with van der Waals surface area (Å²) in [5.41, 5.74) is 2.50. The molecular weight excluding hydrogens is 446 g/mol. The van der Waals surface area contributed by atoms with Gasteiger partial charge in [-0.25, -0.2) is 13.2 Å². The summed E-state index contributed by atoms with van der Waals surface area (Å²) in [6, 6.07) is 14.0. The van der Waals surface area contributed by atoms with Gasteiger partial charge in [0, 0.05) is 5.56 Å². The lowest BCUT2D eigenvalue weighted by atomic mass is 9.93. The maximum absolute atomic E-state index is 12.9. The Morgan fingerprint density at radius 1 is 1.12 bits per heavy atom. The van der Waals surface area contributed by atoms with Crippen LogP contribution in [0.15, 0.2) is 64.5 Å². The van der Waals surface area contributed by atoms with E-state index >= 15 is 0 Å². The lowest BCUT2D eigenvalue weighted by molar-refractivity contribution is -0.139. The number of amidine groups is 1. The van der Waals surface area contributed by atoms with E-state index in [0.29, 0.717) is 23.4 Å². The summed E-state index contributed by atoms with van der Waals surface area (Å²) >= 11 is 0. The van der Waals surface area contributed by atoms with Crippen LogP contribution in [0.5, 0.6) is 0 Å². The number of rotatable bonds is 6. The molecule has 2 aliphatic rings. The van der Waals surface area contributed by atoms with Crippen LogP contribution in [0.1, 0.15) is 31.4 Å². The van der Waals surface area contributed by atoms with E-state index in [4.69, 9.17) is 0 Å². The molecule has 2 aromatic rings. The van der Waals surface area contributed by atoms with Crippen molar-refractivity contribution in [2.75, 3.05) is 0 Å². The first-order valence-corrected chi connectivity index (χ1v) is 11.8. The van der Waals surface area contributed by atoms with Gasteiger partial charge in [-0.2, -0.15) is 5.01 Å². The van der Waals surface area contributed by atoms with Crippen molar-refractivity contribution in [1.29, 1.82) is 0 Å². The van der Waals surface area contributed by atoms with Crippen LogP contribution in [0.25, 0.3) is 0 Å². The molecular formula is C22H23N5O5S. The molecule has 2 aliphatic heterocycles. The smallest absolute Gasteiger partial charge is 0.322 e. The van der Waals surface area contributed by atoms with Crippen LogP contribution in [0, 0.1) is 0 Å². The summed E-state index contributed by atoms with van der Waals surface area (Å²) in [6.07, 6.45) is 0.916. The normalized spacial score (nSPS) is 23.1. The molecule has 2 aromatic carbocycles. The number of hydrazine groups is 1. The number of nitrogens with zero attached hydrogens (tertiary/aromatic N) is 2. The Bertz CT molecular complexity index is 1260. The van der Waals surface area contributed by atoms with E-state index in [1.165, 1.54) is 13.0 Å². The quantitative estimate of drug-likeness (QED) is 0.544. The third-order valence-corrected chi connectivity index (χ3v) is 7.00. The number of carbonyl (C=O) groups excluding carboxylic acids is 3. The third kappa shape index (κ3) is 4.31. The number of aryl methyl sites for hydroxylation is 1. The fourth-order valence-electron chi connectivity index (χ4n) is 3.68. The van der Waals surface area contributed by atoms with Crippen LogP contribution in [0.3, 0.4) is 0 Å². The molecule has 0 bridgehead atoms. The van der Waals surface area contributed by atoms with Gasteiger partial charge in [-0.05, 0) is 44.4 Å². The van der Waals surface area contributed by atoms with Gasteiger partial charge in [0.15, 0.2) is 0 Å². The van der Waals surface area contributed by atoms with Gasteiger partial charge in [0.2, 0.25) is 0 Å². The van der Waals surface area contributed by atoms with Gasteiger partial charge in [-0.3, -0.25) is 24.7 Å². The van der Waals surface area contributed by atoms with Crippen LogP contribution in [0.4, 0.5) is 4.79 Å². The number of aliphatic imine (C=N–C) groups is 1. The van der Waals surface area contributed by atoms with Gasteiger partial charge in [-0.1, -0.05) is 42.5 Å². The van der Waals surface area contributed by atoms with E-state index in [2.05, 4.69) is 20.5 Å². The second-order valence-electron chi connectivity index (χ2n) is 8.12. The second-order valence-corrected chi connectivity index (χ2v) is 9.77. The molecule has 172 valence electrons. The Balaban J connectivity index is 1.44. The van der Waals surface area contributed by atoms with Crippen LogP contribution in [-0.4, -0.2) is 48.7 Å². The van der Waals surface area contributed by atoms with Crippen LogP contribution in [0.2, 0.25) is 0 Å². The lowest BCUT2D eigenvalue weighted by Crippen LogP contribution is -2.51. The van der Waals surface area contributed by atoms with Gasteiger partial charge >= 0.3 is 6.03 Å². The molecule has 4 rings (SSSR count). The first kappa shape index (κ1) is 22.5. The predicted octanol–water partition coefficient (Wildman–Crippen LogP) is 1.09. The van der Waals surface area contributed by atoms with Crippen molar-refractivity contribution >= 4 is 33.7 Å². The molecule has 2 heterocycles. The molecule has 0 spiro atoms. The van der Waals surface area contributed by atoms with Gasteiger partial charge in [0.1, 0.15) is 17.4 Å². The monoisotopic (exact) mass is 469 g/mol. The minimum absolute atomic E-state index is 0.0261. The van der Waals surface area contributed by atoms with Gasteiger partial charge < -0.3 is 5.32 Å². The number of hydrogen-bond donors (Lipinski definition) is 3. The Hall–Kier alpha value is -3.73. The van der Waals surface area contributed by atoms with Crippen molar-refractivity contribution in [3.05, 3.63) is 65.7 Å². The highest BCUT2D eigenvalue weighted by Crippen LogP contribution is 2.24. The van der Waals surface area contributed by atoms with Crippen molar-refractivity contribution in [3.63, 3.8) is 0 Å². The molecule has 33 heavy (non-hydrogen) atoms. The number of imide groups is 1.